The van der Waals surface area contributed by atoms with Gasteiger partial charge in [-0.05, 0) is 12.8 Å². The Balaban J connectivity index is 2.22. The number of rotatable bonds is 3. The quantitative estimate of drug-likeness (QED) is 0.820. The molecule has 1 aromatic rings. The average molecular weight is 237 g/mol. The van der Waals surface area contributed by atoms with Crippen LogP contribution in [0.4, 0.5) is 5.69 Å². The lowest BCUT2D eigenvalue weighted by molar-refractivity contribution is 0.160. The molecule has 4 nitrogen and oxygen atoms in total. The van der Waals surface area contributed by atoms with Gasteiger partial charge in [0.15, 0.2) is 11.5 Å². The van der Waals surface area contributed by atoms with Crippen molar-refractivity contribution in [3.8, 4) is 17.2 Å². The van der Waals surface area contributed by atoms with Crippen molar-refractivity contribution < 1.29 is 14.2 Å². The second-order valence-electron chi connectivity index (χ2n) is 4.60. The van der Waals surface area contributed by atoms with Crippen molar-refractivity contribution in [1.82, 2.24) is 0 Å². The SMILES string of the molecule is CC(C)C(C)Oc1cc2c(cc1N)OCCO2. The minimum atomic E-state index is 0.111. The van der Waals surface area contributed by atoms with Crippen LogP contribution in [-0.4, -0.2) is 19.3 Å². The van der Waals surface area contributed by atoms with Gasteiger partial charge in [-0.3, -0.25) is 0 Å². The second-order valence-corrected chi connectivity index (χ2v) is 4.60. The Labute approximate surface area is 102 Å². The van der Waals surface area contributed by atoms with Crippen molar-refractivity contribution in [1.29, 1.82) is 0 Å². The fraction of sp³-hybridized carbons (Fsp3) is 0.538. The number of fused-ring (bicyclic) bond motifs is 1. The molecule has 94 valence electrons. The Morgan fingerprint density at radius 2 is 1.71 bits per heavy atom. The molecular weight excluding hydrogens is 218 g/mol. The molecule has 0 aliphatic carbocycles. The maximum absolute atomic E-state index is 5.93. The van der Waals surface area contributed by atoms with Gasteiger partial charge in [0.05, 0.1) is 11.8 Å². The van der Waals surface area contributed by atoms with Crippen LogP contribution in [0, 0.1) is 5.92 Å². The molecule has 0 bridgehead atoms. The average Bonchev–Trinajstić information content (AvgIpc) is 2.29. The van der Waals surface area contributed by atoms with Crippen LogP contribution in [0.25, 0.3) is 0 Å². The van der Waals surface area contributed by atoms with Crippen molar-refractivity contribution in [2.75, 3.05) is 18.9 Å². The third-order valence-electron chi connectivity index (χ3n) is 2.93. The summed E-state index contributed by atoms with van der Waals surface area (Å²) in [6.07, 6.45) is 0.111. The van der Waals surface area contributed by atoms with E-state index in [2.05, 4.69) is 13.8 Å². The highest BCUT2D eigenvalue weighted by Gasteiger charge is 2.17. The Bertz CT molecular complexity index is 404. The molecule has 1 aliphatic rings. The summed E-state index contributed by atoms with van der Waals surface area (Å²) in [6.45, 7) is 7.38. The fourth-order valence-corrected chi connectivity index (χ4v) is 1.52. The zero-order valence-corrected chi connectivity index (χ0v) is 10.5. The van der Waals surface area contributed by atoms with Crippen LogP contribution in [0.1, 0.15) is 20.8 Å². The third-order valence-corrected chi connectivity index (χ3v) is 2.93. The molecule has 1 aromatic carbocycles. The zero-order chi connectivity index (χ0) is 12.4. The molecule has 1 aliphatic heterocycles. The van der Waals surface area contributed by atoms with Crippen molar-refractivity contribution in [2.24, 2.45) is 5.92 Å². The van der Waals surface area contributed by atoms with E-state index in [0.717, 1.165) is 0 Å². The molecule has 4 heteroatoms. The van der Waals surface area contributed by atoms with Gasteiger partial charge in [-0.15, -0.1) is 0 Å². The summed E-state index contributed by atoms with van der Waals surface area (Å²) in [5, 5.41) is 0. The first-order valence-electron chi connectivity index (χ1n) is 5.93. The van der Waals surface area contributed by atoms with Gasteiger partial charge in [0, 0.05) is 12.1 Å². The normalized spacial score (nSPS) is 15.8. The van der Waals surface area contributed by atoms with Gasteiger partial charge in [0.1, 0.15) is 19.0 Å². The minimum absolute atomic E-state index is 0.111. The number of ether oxygens (including phenoxy) is 3. The van der Waals surface area contributed by atoms with Crippen LogP contribution in [0.5, 0.6) is 17.2 Å². The highest BCUT2D eigenvalue weighted by Crippen LogP contribution is 2.38. The summed E-state index contributed by atoms with van der Waals surface area (Å²) in [6, 6.07) is 3.57. The molecule has 2 N–H and O–H groups in total. The van der Waals surface area contributed by atoms with E-state index in [0.29, 0.717) is 42.1 Å². The molecule has 1 atom stereocenters. The van der Waals surface area contributed by atoms with Crippen LogP contribution < -0.4 is 19.9 Å². The monoisotopic (exact) mass is 237 g/mol. The topological polar surface area (TPSA) is 53.7 Å². The van der Waals surface area contributed by atoms with Crippen molar-refractivity contribution in [3.05, 3.63) is 12.1 Å². The second kappa shape index (κ2) is 4.73. The maximum atomic E-state index is 5.93. The molecular formula is C13H19NO3. The van der Waals surface area contributed by atoms with E-state index >= 15 is 0 Å². The van der Waals surface area contributed by atoms with Crippen molar-refractivity contribution in [2.45, 2.75) is 26.9 Å². The van der Waals surface area contributed by atoms with Gasteiger partial charge >= 0.3 is 0 Å². The zero-order valence-electron chi connectivity index (χ0n) is 10.5. The summed E-state index contributed by atoms with van der Waals surface area (Å²) in [5.41, 5.74) is 6.52. The predicted octanol–water partition coefficient (Wildman–Crippen LogP) is 2.46. The van der Waals surface area contributed by atoms with E-state index in [1.54, 1.807) is 6.07 Å². The summed E-state index contributed by atoms with van der Waals surface area (Å²) in [7, 11) is 0. The van der Waals surface area contributed by atoms with Gasteiger partial charge < -0.3 is 19.9 Å². The van der Waals surface area contributed by atoms with Crippen LogP contribution in [-0.2, 0) is 0 Å². The Morgan fingerprint density at radius 3 is 2.29 bits per heavy atom. The number of hydrogen-bond donors (Lipinski definition) is 1. The van der Waals surface area contributed by atoms with Gasteiger partial charge in [-0.25, -0.2) is 0 Å². The lowest BCUT2D eigenvalue weighted by atomic mass is 10.1. The molecule has 0 saturated carbocycles. The van der Waals surface area contributed by atoms with Crippen LogP contribution in [0.15, 0.2) is 12.1 Å². The number of benzene rings is 1. The van der Waals surface area contributed by atoms with E-state index in [1.807, 2.05) is 13.0 Å². The molecule has 0 spiro atoms. The van der Waals surface area contributed by atoms with Gasteiger partial charge in [-0.1, -0.05) is 13.8 Å². The van der Waals surface area contributed by atoms with E-state index < -0.39 is 0 Å². The Kier molecular flexibility index (Phi) is 3.31. The molecule has 0 radical (unpaired) electrons. The molecule has 1 unspecified atom stereocenters. The smallest absolute Gasteiger partial charge is 0.165 e. The maximum Gasteiger partial charge on any atom is 0.165 e. The highest BCUT2D eigenvalue weighted by molar-refractivity contribution is 5.62. The van der Waals surface area contributed by atoms with Crippen LogP contribution in [0.2, 0.25) is 0 Å². The summed E-state index contributed by atoms with van der Waals surface area (Å²) in [5.74, 6) is 2.49. The van der Waals surface area contributed by atoms with E-state index in [4.69, 9.17) is 19.9 Å². The van der Waals surface area contributed by atoms with E-state index in [9.17, 15) is 0 Å². The molecule has 1 heterocycles. The fourth-order valence-electron chi connectivity index (χ4n) is 1.52. The summed E-state index contributed by atoms with van der Waals surface area (Å²) < 4.78 is 16.8. The first-order chi connectivity index (χ1) is 8.08. The van der Waals surface area contributed by atoms with Gasteiger partial charge in [-0.2, -0.15) is 0 Å². The largest absolute Gasteiger partial charge is 0.488 e. The molecule has 0 saturated heterocycles. The first-order valence-corrected chi connectivity index (χ1v) is 5.93. The Hall–Kier alpha value is -1.58. The Morgan fingerprint density at radius 1 is 1.12 bits per heavy atom. The molecule has 0 fully saturated rings. The number of anilines is 1. The lowest BCUT2D eigenvalue weighted by Gasteiger charge is -2.23. The number of hydrogen-bond acceptors (Lipinski definition) is 4. The molecule has 0 amide bonds. The first kappa shape index (κ1) is 11.9. The molecule has 17 heavy (non-hydrogen) atoms. The standard InChI is InChI=1S/C13H19NO3/c1-8(2)9(3)17-11-7-13-12(6-10(11)14)15-4-5-16-13/h6-9H,4-5,14H2,1-3H3. The summed E-state index contributed by atoms with van der Waals surface area (Å²) >= 11 is 0. The van der Waals surface area contributed by atoms with Gasteiger partial charge in [0.2, 0.25) is 0 Å². The van der Waals surface area contributed by atoms with E-state index in [1.165, 1.54) is 0 Å². The highest BCUT2D eigenvalue weighted by atomic mass is 16.6. The van der Waals surface area contributed by atoms with Gasteiger partial charge in [0.25, 0.3) is 0 Å². The van der Waals surface area contributed by atoms with Crippen LogP contribution >= 0.6 is 0 Å². The van der Waals surface area contributed by atoms with Crippen LogP contribution in [0.3, 0.4) is 0 Å². The number of nitrogens with two attached hydrogens (primary N) is 1. The van der Waals surface area contributed by atoms with Crippen molar-refractivity contribution in [3.63, 3.8) is 0 Å². The predicted molar refractivity (Wildman–Crippen MR) is 66.8 cm³/mol. The number of nitrogen functional groups attached to an aromatic ring is 1. The third kappa shape index (κ3) is 2.57. The molecule has 2 rings (SSSR count). The molecule has 0 aromatic heterocycles. The van der Waals surface area contributed by atoms with E-state index in [-0.39, 0.29) is 6.10 Å². The lowest BCUT2D eigenvalue weighted by Crippen LogP contribution is -2.20. The minimum Gasteiger partial charge on any atom is -0.488 e. The van der Waals surface area contributed by atoms with Crippen molar-refractivity contribution >= 4 is 5.69 Å². The summed E-state index contributed by atoms with van der Waals surface area (Å²) in [4.78, 5) is 0.